The van der Waals surface area contributed by atoms with Gasteiger partial charge in [0.2, 0.25) is 0 Å². The maximum absolute atomic E-state index is 13.0. The first kappa shape index (κ1) is 17.2. The van der Waals surface area contributed by atoms with Crippen LogP contribution in [0.15, 0.2) is 63.0 Å². The monoisotopic (exact) mass is 404 g/mol. The minimum absolute atomic E-state index is 0.0635. The van der Waals surface area contributed by atoms with Crippen molar-refractivity contribution in [1.82, 2.24) is 9.55 Å². The van der Waals surface area contributed by atoms with E-state index in [4.69, 9.17) is 9.72 Å². The highest BCUT2D eigenvalue weighted by Crippen LogP contribution is 2.23. The summed E-state index contributed by atoms with van der Waals surface area (Å²) in [5, 5.41) is 1.28. The predicted octanol–water partition coefficient (Wildman–Crippen LogP) is 4.28. The molecule has 2 aromatic carbocycles. The lowest BCUT2D eigenvalue weighted by Gasteiger charge is -2.13. The van der Waals surface area contributed by atoms with Gasteiger partial charge < -0.3 is 4.74 Å². The summed E-state index contributed by atoms with van der Waals surface area (Å²) in [6.07, 6.45) is 0. The molecule has 4 nitrogen and oxygen atoms in total. The second-order valence-corrected chi connectivity index (χ2v) is 7.06. The third-order valence-electron chi connectivity index (χ3n) is 3.48. The zero-order valence-corrected chi connectivity index (χ0v) is 15.6. The first-order chi connectivity index (χ1) is 11.7. The van der Waals surface area contributed by atoms with Crippen molar-refractivity contribution in [3.63, 3.8) is 0 Å². The maximum atomic E-state index is 13.0. The van der Waals surface area contributed by atoms with E-state index < -0.39 is 0 Å². The number of nitrogens with zero attached hydrogens (tertiary/aromatic N) is 2. The van der Waals surface area contributed by atoms with E-state index in [2.05, 4.69) is 15.9 Å². The Morgan fingerprint density at radius 2 is 2.00 bits per heavy atom. The molecule has 0 saturated heterocycles. The van der Waals surface area contributed by atoms with E-state index in [1.807, 2.05) is 55.5 Å². The van der Waals surface area contributed by atoms with Crippen LogP contribution in [0.4, 0.5) is 0 Å². The Bertz CT molecular complexity index is 897. The number of benzene rings is 2. The number of ether oxygens (including phenoxy) is 1. The summed E-state index contributed by atoms with van der Waals surface area (Å²) >= 11 is 4.96. The van der Waals surface area contributed by atoms with Gasteiger partial charge in [0, 0.05) is 16.8 Å². The Kier molecular flexibility index (Phi) is 5.71. The normalized spacial score (nSPS) is 11.1. The Hall–Kier alpha value is -1.63. The van der Waals surface area contributed by atoms with Gasteiger partial charge in [-0.2, -0.15) is 0 Å². The third kappa shape index (κ3) is 3.71. The molecule has 0 spiro atoms. The zero-order chi connectivity index (χ0) is 16.9. The fourth-order valence-corrected chi connectivity index (χ4v) is 3.60. The van der Waals surface area contributed by atoms with Crippen LogP contribution in [0.5, 0.6) is 0 Å². The van der Waals surface area contributed by atoms with E-state index >= 15 is 0 Å². The van der Waals surface area contributed by atoms with Gasteiger partial charge in [0.1, 0.15) is 0 Å². The summed E-state index contributed by atoms with van der Waals surface area (Å²) < 4.78 is 7.93. The van der Waals surface area contributed by atoms with Crippen LogP contribution in [0.2, 0.25) is 0 Å². The second-order valence-electron chi connectivity index (χ2n) is 5.08. The van der Waals surface area contributed by atoms with Gasteiger partial charge in [0.05, 0.1) is 23.2 Å². The Balaban J connectivity index is 2.13. The van der Waals surface area contributed by atoms with Gasteiger partial charge in [0.15, 0.2) is 5.16 Å². The summed E-state index contributed by atoms with van der Waals surface area (Å²) in [6, 6.07) is 15.2. The second kappa shape index (κ2) is 7.96. The van der Waals surface area contributed by atoms with Crippen molar-refractivity contribution in [3.05, 3.63) is 63.4 Å². The fourth-order valence-electron chi connectivity index (χ4n) is 2.38. The first-order valence-corrected chi connectivity index (χ1v) is 9.47. The van der Waals surface area contributed by atoms with Gasteiger partial charge in [0.25, 0.3) is 5.56 Å². The largest absolute Gasteiger partial charge is 0.381 e. The Morgan fingerprint density at radius 3 is 2.75 bits per heavy atom. The van der Waals surface area contributed by atoms with Crippen molar-refractivity contribution < 1.29 is 4.74 Å². The number of halogens is 1. The molecule has 0 unspecified atom stereocenters. The van der Waals surface area contributed by atoms with Crippen LogP contribution in [-0.2, 0) is 4.74 Å². The lowest BCUT2D eigenvalue weighted by molar-refractivity contribution is 0.164. The molecule has 0 atom stereocenters. The van der Waals surface area contributed by atoms with Gasteiger partial charge in [-0.15, -0.1) is 0 Å². The molecule has 0 aliphatic heterocycles. The summed E-state index contributed by atoms with van der Waals surface area (Å²) in [5.74, 6) is 0.745. The van der Waals surface area contributed by atoms with E-state index in [9.17, 15) is 4.79 Å². The van der Waals surface area contributed by atoms with Crippen molar-refractivity contribution in [2.24, 2.45) is 0 Å². The Morgan fingerprint density at radius 1 is 1.21 bits per heavy atom. The molecule has 24 heavy (non-hydrogen) atoms. The lowest BCUT2D eigenvalue weighted by Crippen LogP contribution is -2.22. The number of para-hydroxylation sites is 1. The molecule has 1 aromatic heterocycles. The van der Waals surface area contributed by atoms with Crippen LogP contribution in [0.25, 0.3) is 16.6 Å². The van der Waals surface area contributed by atoms with E-state index in [-0.39, 0.29) is 5.56 Å². The van der Waals surface area contributed by atoms with E-state index in [1.165, 1.54) is 11.8 Å². The summed E-state index contributed by atoms with van der Waals surface area (Å²) in [4.78, 5) is 17.7. The minimum Gasteiger partial charge on any atom is -0.381 e. The molecule has 0 aliphatic carbocycles. The minimum atomic E-state index is -0.0635. The van der Waals surface area contributed by atoms with Crippen LogP contribution in [0, 0.1) is 0 Å². The van der Waals surface area contributed by atoms with Gasteiger partial charge in [-0.25, -0.2) is 4.98 Å². The molecule has 3 aromatic rings. The predicted molar refractivity (Wildman–Crippen MR) is 102 cm³/mol. The maximum Gasteiger partial charge on any atom is 0.266 e. The van der Waals surface area contributed by atoms with Crippen LogP contribution < -0.4 is 5.56 Å². The topological polar surface area (TPSA) is 44.1 Å². The number of fused-ring (bicyclic) bond motifs is 1. The fraction of sp³-hybridized carbons (Fsp3) is 0.222. The number of hydrogen-bond donors (Lipinski definition) is 0. The molecule has 0 fully saturated rings. The van der Waals surface area contributed by atoms with Gasteiger partial charge in [-0.1, -0.05) is 45.9 Å². The van der Waals surface area contributed by atoms with Gasteiger partial charge in [-0.3, -0.25) is 9.36 Å². The molecule has 0 N–H and O–H groups in total. The smallest absolute Gasteiger partial charge is 0.266 e. The standard InChI is InChI=1S/C18H17BrN2O2S/c1-2-23-10-11-24-18-20-16-9-8-13(19)12-15(16)17(22)21(18)14-6-4-3-5-7-14/h3-9,12H,2,10-11H2,1H3. The van der Waals surface area contributed by atoms with E-state index in [1.54, 1.807) is 4.57 Å². The van der Waals surface area contributed by atoms with Crippen LogP contribution in [-0.4, -0.2) is 28.5 Å². The molecule has 1 heterocycles. The number of hydrogen-bond acceptors (Lipinski definition) is 4. The highest BCUT2D eigenvalue weighted by Gasteiger charge is 2.13. The molecular weight excluding hydrogens is 388 g/mol. The van der Waals surface area contributed by atoms with Crippen molar-refractivity contribution in [3.8, 4) is 5.69 Å². The number of thioether (sulfide) groups is 1. The molecule has 6 heteroatoms. The van der Waals surface area contributed by atoms with Gasteiger partial charge in [-0.05, 0) is 37.3 Å². The zero-order valence-electron chi connectivity index (χ0n) is 13.2. The summed E-state index contributed by atoms with van der Waals surface area (Å²) in [5.41, 5.74) is 1.46. The molecule has 124 valence electrons. The van der Waals surface area contributed by atoms with Gasteiger partial charge >= 0.3 is 0 Å². The van der Waals surface area contributed by atoms with E-state index in [0.29, 0.717) is 29.3 Å². The quantitative estimate of drug-likeness (QED) is 0.349. The Labute approximate surface area is 153 Å². The van der Waals surface area contributed by atoms with Crippen LogP contribution in [0.1, 0.15) is 6.92 Å². The molecule has 0 bridgehead atoms. The van der Waals surface area contributed by atoms with Crippen molar-refractivity contribution >= 4 is 38.6 Å². The third-order valence-corrected chi connectivity index (χ3v) is 4.87. The van der Waals surface area contributed by atoms with Crippen molar-refractivity contribution in [2.45, 2.75) is 12.1 Å². The molecule has 3 rings (SSSR count). The molecular formula is C18H17BrN2O2S. The van der Waals surface area contributed by atoms with Crippen molar-refractivity contribution in [1.29, 1.82) is 0 Å². The summed E-state index contributed by atoms with van der Waals surface area (Å²) in [7, 11) is 0. The molecule has 0 amide bonds. The highest BCUT2D eigenvalue weighted by atomic mass is 79.9. The lowest BCUT2D eigenvalue weighted by atomic mass is 10.2. The number of rotatable bonds is 6. The van der Waals surface area contributed by atoms with Crippen molar-refractivity contribution in [2.75, 3.05) is 19.0 Å². The number of aromatic nitrogens is 2. The molecule has 0 aliphatic rings. The SMILES string of the molecule is CCOCCSc1nc2ccc(Br)cc2c(=O)n1-c1ccccc1. The summed E-state index contributed by atoms with van der Waals surface area (Å²) in [6.45, 7) is 3.28. The molecule has 0 saturated carbocycles. The van der Waals surface area contributed by atoms with Crippen LogP contribution >= 0.6 is 27.7 Å². The first-order valence-electron chi connectivity index (χ1n) is 7.69. The average molecular weight is 405 g/mol. The highest BCUT2D eigenvalue weighted by molar-refractivity contribution is 9.10. The van der Waals surface area contributed by atoms with E-state index in [0.717, 1.165) is 15.9 Å². The average Bonchev–Trinajstić information content (AvgIpc) is 2.60. The van der Waals surface area contributed by atoms with Crippen LogP contribution in [0.3, 0.4) is 0 Å². The molecule has 0 radical (unpaired) electrons.